The monoisotopic (exact) mass is 302 g/mol. The Labute approximate surface area is 126 Å². The summed E-state index contributed by atoms with van der Waals surface area (Å²) in [6.07, 6.45) is 2.96. The molecule has 0 radical (unpaired) electrons. The Hall–Kier alpha value is -2.89. The highest BCUT2D eigenvalue weighted by molar-refractivity contribution is 6.00. The minimum atomic E-state index is -0.855. The standard InChI is InChI=1S/C16H14O6/c1-21-13-3-2-8(4-10(13)18)14-7-12(20)16-11(19)5-9(17)6-15(16)22-14/h2-7,15-19H,1H3. The van der Waals surface area contributed by atoms with E-state index in [1.807, 2.05) is 0 Å². The Balaban J connectivity index is 1.97. The molecule has 1 aliphatic carbocycles. The van der Waals surface area contributed by atoms with Crippen molar-refractivity contribution in [2.24, 2.45) is 5.92 Å². The average Bonchev–Trinajstić information content (AvgIpc) is 2.45. The zero-order valence-electron chi connectivity index (χ0n) is 11.7. The van der Waals surface area contributed by atoms with Crippen molar-refractivity contribution in [1.82, 2.24) is 0 Å². The number of carbonyl (C=O) groups excluding carboxylic acids is 1. The fraction of sp³-hybridized carbons (Fsp3) is 0.188. The third-order valence-corrected chi connectivity index (χ3v) is 3.58. The molecule has 0 saturated carbocycles. The Kier molecular flexibility index (Phi) is 3.29. The Bertz CT molecular complexity index is 728. The van der Waals surface area contributed by atoms with E-state index in [0.29, 0.717) is 11.3 Å². The number of carbonyl (C=O) groups is 1. The number of fused-ring (bicyclic) bond motifs is 1. The molecule has 2 aliphatic rings. The lowest BCUT2D eigenvalue weighted by Crippen LogP contribution is -2.35. The minimum Gasteiger partial charge on any atom is -0.511 e. The number of methoxy groups -OCH3 is 1. The maximum absolute atomic E-state index is 12.2. The zero-order valence-corrected chi connectivity index (χ0v) is 11.7. The SMILES string of the molecule is COc1ccc(C2=CC(=O)C3C(O)=CC(O)=CC3O2)cc1O. The van der Waals surface area contributed by atoms with E-state index in [2.05, 4.69) is 0 Å². The molecular formula is C16H14O6. The summed E-state index contributed by atoms with van der Waals surface area (Å²) in [4.78, 5) is 12.2. The number of benzene rings is 1. The molecule has 3 N–H and O–H groups in total. The van der Waals surface area contributed by atoms with Crippen LogP contribution in [0.3, 0.4) is 0 Å². The number of ether oxygens (including phenoxy) is 2. The van der Waals surface area contributed by atoms with Crippen LogP contribution in [0.4, 0.5) is 0 Å². The van der Waals surface area contributed by atoms with Crippen LogP contribution < -0.4 is 4.74 Å². The Morgan fingerprint density at radius 1 is 1.18 bits per heavy atom. The fourth-order valence-electron chi connectivity index (χ4n) is 2.53. The first-order chi connectivity index (χ1) is 10.5. The molecule has 2 atom stereocenters. The summed E-state index contributed by atoms with van der Waals surface area (Å²) in [5.41, 5.74) is 0.493. The first-order valence-corrected chi connectivity index (χ1v) is 6.60. The highest BCUT2D eigenvalue weighted by atomic mass is 16.5. The molecule has 1 heterocycles. The van der Waals surface area contributed by atoms with E-state index in [0.717, 1.165) is 6.08 Å². The molecule has 0 spiro atoms. The van der Waals surface area contributed by atoms with Gasteiger partial charge in [-0.15, -0.1) is 0 Å². The van der Waals surface area contributed by atoms with Gasteiger partial charge in [-0.05, 0) is 24.3 Å². The smallest absolute Gasteiger partial charge is 0.174 e. The minimum absolute atomic E-state index is 0.0798. The summed E-state index contributed by atoms with van der Waals surface area (Å²) in [5.74, 6) is -1.11. The van der Waals surface area contributed by atoms with Gasteiger partial charge in [0.25, 0.3) is 0 Å². The van der Waals surface area contributed by atoms with Gasteiger partial charge in [-0.25, -0.2) is 0 Å². The van der Waals surface area contributed by atoms with Gasteiger partial charge in [0, 0.05) is 17.7 Å². The molecule has 6 heteroatoms. The van der Waals surface area contributed by atoms with Crippen molar-refractivity contribution in [2.45, 2.75) is 6.10 Å². The second-order valence-electron chi connectivity index (χ2n) is 5.02. The summed E-state index contributed by atoms with van der Waals surface area (Å²) in [6, 6.07) is 4.61. The lowest BCUT2D eigenvalue weighted by molar-refractivity contribution is -0.121. The van der Waals surface area contributed by atoms with Crippen LogP contribution >= 0.6 is 0 Å². The van der Waals surface area contributed by atoms with Crippen LogP contribution in [-0.2, 0) is 9.53 Å². The van der Waals surface area contributed by atoms with Crippen molar-refractivity contribution >= 4 is 11.5 Å². The number of hydrogen-bond donors (Lipinski definition) is 3. The number of ketones is 1. The number of aromatic hydroxyl groups is 1. The second-order valence-corrected chi connectivity index (χ2v) is 5.02. The molecule has 1 aliphatic heterocycles. The molecule has 0 bridgehead atoms. The van der Waals surface area contributed by atoms with E-state index in [-0.39, 0.29) is 28.8 Å². The molecule has 1 aromatic rings. The number of phenolic OH excluding ortho intramolecular Hbond substituents is 1. The van der Waals surface area contributed by atoms with Crippen molar-refractivity contribution in [1.29, 1.82) is 0 Å². The summed E-state index contributed by atoms with van der Waals surface area (Å²) < 4.78 is 10.6. The highest BCUT2D eigenvalue weighted by Gasteiger charge is 2.38. The zero-order chi connectivity index (χ0) is 15.9. The van der Waals surface area contributed by atoms with Crippen LogP contribution in [0, 0.1) is 5.92 Å². The van der Waals surface area contributed by atoms with Crippen molar-refractivity contribution in [3.8, 4) is 11.5 Å². The molecule has 6 nitrogen and oxygen atoms in total. The average molecular weight is 302 g/mol. The van der Waals surface area contributed by atoms with Crippen molar-refractivity contribution < 1.29 is 29.6 Å². The fourth-order valence-corrected chi connectivity index (χ4v) is 2.53. The van der Waals surface area contributed by atoms with Gasteiger partial charge in [0.15, 0.2) is 17.3 Å². The van der Waals surface area contributed by atoms with Crippen molar-refractivity contribution in [3.05, 3.63) is 53.5 Å². The van der Waals surface area contributed by atoms with Gasteiger partial charge >= 0.3 is 0 Å². The van der Waals surface area contributed by atoms with Gasteiger partial charge in [-0.1, -0.05) is 0 Å². The third kappa shape index (κ3) is 2.28. The van der Waals surface area contributed by atoms with Crippen LogP contribution in [0.25, 0.3) is 5.76 Å². The van der Waals surface area contributed by atoms with Gasteiger partial charge in [0.1, 0.15) is 29.3 Å². The lowest BCUT2D eigenvalue weighted by atomic mass is 9.88. The van der Waals surface area contributed by atoms with Crippen molar-refractivity contribution in [2.75, 3.05) is 7.11 Å². The molecule has 0 amide bonds. The molecule has 114 valence electrons. The molecular weight excluding hydrogens is 288 g/mol. The molecule has 0 fully saturated rings. The van der Waals surface area contributed by atoms with E-state index in [1.54, 1.807) is 12.1 Å². The maximum Gasteiger partial charge on any atom is 0.174 e. The molecule has 2 unspecified atom stereocenters. The summed E-state index contributed by atoms with van der Waals surface area (Å²) in [7, 11) is 1.43. The summed E-state index contributed by atoms with van der Waals surface area (Å²) in [6.45, 7) is 0. The predicted octanol–water partition coefficient (Wildman–Crippen LogP) is 2.22. The van der Waals surface area contributed by atoms with Gasteiger partial charge < -0.3 is 24.8 Å². The normalized spacial score (nSPS) is 23.7. The van der Waals surface area contributed by atoms with Crippen LogP contribution in [0.2, 0.25) is 0 Å². The first kappa shape index (κ1) is 14.1. The molecule has 22 heavy (non-hydrogen) atoms. The van der Waals surface area contributed by atoms with Crippen LogP contribution in [0.1, 0.15) is 5.56 Å². The van der Waals surface area contributed by atoms with E-state index in [9.17, 15) is 20.1 Å². The van der Waals surface area contributed by atoms with E-state index in [4.69, 9.17) is 9.47 Å². The van der Waals surface area contributed by atoms with Crippen LogP contribution in [-0.4, -0.2) is 34.3 Å². The Morgan fingerprint density at radius 2 is 1.95 bits per heavy atom. The predicted molar refractivity (Wildman–Crippen MR) is 77.4 cm³/mol. The maximum atomic E-state index is 12.2. The van der Waals surface area contributed by atoms with Gasteiger partial charge in [-0.2, -0.15) is 0 Å². The molecule has 3 rings (SSSR count). The lowest BCUT2D eigenvalue weighted by Gasteiger charge is -2.31. The molecule has 0 aromatic heterocycles. The molecule has 0 saturated heterocycles. The van der Waals surface area contributed by atoms with Crippen LogP contribution in [0.15, 0.2) is 47.9 Å². The van der Waals surface area contributed by atoms with Crippen molar-refractivity contribution in [3.63, 3.8) is 0 Å². The molecule has 1 aromatic carbocycles. The number of aliphatic hydroxyl groups excluding tert-OH is 2. The number of allylic oxidation sites excluding steroid dienone is 2. The highest BCUT2D eigenvalue weighted by Crippen LogP contribution is 2.36. The quantitative estimate of drug-likeness (QED) is 0.775. The van der Waals surface area contributed by atoms with Crippen LogP contribution in [0.5, 0.6) is 11.5 Å². The topological polar surface area (TPSA) is 96.2 Å². The van der Waals surface area contributed by atoms with E-state index < -0.39 is 12.0 Å². The van der Waals surface area contributed by atoms with Gasteiger partial charge in [0.05, 0.1) is 7.11 Å². The number of rotatable bonds is 2. The largest absolute Gasteiger partial charge is 0.511 e. The van der Waals surface area contributed by atoms with Gasteiger partial charge in [0.2, 0.25) is 0 Å². The van der Waals surface area contributed by atoms with E-state index in [1.165, 1.54) is 25.3 Å². The summed E-state index contributed by atoms with van der Waals surface area (Å²) in [5, 5.41) is 29.1. The number of aliphatic hydroxyl groups is 2. The second kappa shape index (κ2) is 5.14. The number of phenols is 1. The van der Waals surface area contributed by atoms with Gasteiger partial charge in [-0.3, -0.25) is 4.79 Å². The summed E-state index contributed by atoms with van der Waals surface area (Å²) >= 11 is 0. The Morgan fingerprint density at radius 3 is 2.64 bits per heavy atom. The van der Waals surface area contributed by atoms with E-state index >= 15 is 0 Å². The first-order valence-electron chi connectivity index (χ1n) is 6.60. The number of hydrogen-bond acceptors (Lipinski definition) is 6. The third-order valence-electron chi connectivity index (χ3n) is 3.58.